The number of benzene rings is 2. The van der Waals surface area contributed by atoms with Gasteiger partial charge in [-0.2, -0.15) is 0 Å². The Labute approximate surface area is 155 Å². The minimum absolute atomic E-state index is 0.165. The smallest absolute Gasteiger partial charge is 0.191 e. The van der Waals surface area contributed by atoms with Crippen molar-refractivity contribution >= 4 is 16.7 Å². The van der Waals surface area contributed by atoms with Crippen LogP contribution in [0.15, 0.2) is 47.5 Å². The molecule has 1 aliphatic heterocycles. The van der Waals surface area contributed by atoms with Crippen molar-refractivity contribution < 1.29 is 9.47 Å². The van der Waals surface area contributed by atoms with Crippen LogP contribution in [0.3, 0.4) is 0 Å². The predicted octanol–water partition coefficient (Wildman–Crippen LogP) is 3.26. The van der Waals surface area contributed by atoms with E-state index in [4.69, 9.17) is 9.47 Å². The van der Waals surface area contributed by atoms with Crippen LogP contribution in [-0.2, 0) is 9.47 Å². The molecule has 140 valence electrons. The number of nitrogens with zero attached hydrogens (tertiary/aromatic N) is 1. The van der Waals surface area contributed by atoms with Gasteiger partial charge in [-0.05, 0) is 42.2 Å². The monoisotopic (exact) mass is 355 g/mol. The molecule has 2 N–H and O–H groups in total. The normalized spacial score (nSPS) is 18.8. The highest BCUT2D eigenvalue weighted by molar-refractivity contribution is 5.84. The molecule has 1 fully saturated rings. The summed E-state index contributed by atoms with van der Waals surface area (Å²) >= 11 is 0. The molecule has 0 amide bonds. The minimum Gasteiger partial charge on any atom is -0.377 e. The van der Waals surface area contributed by atoms with Gasteiger partial charge in [-0.15, -0.1) is 0 Å². The van der Waals surface area contributed by atoms with E-state index in [-0.39, 0.29) is 12.1 Å². The van der Waals surface area contributed by atoms with Crippen LogP contribution in [-0.4, -0.2) is 45.5 Å². The molecule has 2 aromatic carbocycles. The summed E-state index contributed by atoms with van der Waals surface area (Å²) in [5, 5.41) is 9.26. The van der Waals surface area contributed by atoms with Crippen LogP contribution in [0.4, 0.5) is 0 Å². The Bertz CT molecular complexity index is 726. The Morgan fingerprint density at radius 2 is 2.12 bits per heavy atom. The van der Waals surface area contributed by atoms with Gasteiger partial charge in [0.05, 0.1) is 25.4 Å². The molecular weight excluding hydrogens is 326 g/mol. The van der Waals surface area contributed by atoms with Crippen molar-refractivity contribution in [3.63, 3.8) is 0 Å². The quantitative estimate of drug-likeness (QED) is 0.455. The lowest BCUT2D eigenvalue weighted by Gasteiger charge is -2.19. The van der Waals surface area contributed by atoms with Gasteiger partial charge in [0.1, 0.15) is 0 Å². The molecule has 0 saturated carbocycles. The zero-order chi connectivity index (χ0) is 18.2. The molecule has 2 atom stereocenters. The minimum atomic E-state index is 0.165. The van der Waals surface area contributed by atoms with Crippen LogP contribution < -0.4 is 10.6 Å². The summed E-state index contributed by atoms with van der Waals surface area (Å²) in [6.45, 7) is 5.06. The maximum atomic E-state index is 5.68. The molecule has 1 aliphatic rings. The molecule has 1 saturated heterocycles. The molecule has 0 aromatic heterocycles. The van der Waals surface area contributed by atoms with Crippen molar-refractivity contribution in [3.8, 4) is 0 Å². The highest BCUT2D eigenvalue weighted by Gasteiger charge is 2.15. The van der Waals surface area contributed by atoms with Crippen molar-refractivity contribution in [1.82, 2.24) is 10.6 Å². The summed E-state index contributed by atoms with van der Waals surface area (Å²) in [6.07, 6.45) is 2.54. The molecule has 0 aliphatic carbocycles. The number of rotatable bonds is 7. The maximum absolute atomic E-state index is 5.68. The fourth-order valence-corrected chi connectivity index (χ4v) is 3.19. The average molecular weight is 355 g/mol. The van der Waals surface area contributed by atoms with Crippen LogP contribution in [0.25, 0.3) is 10.8 Å². The van der Waals surface area contributed by atoms with Crippen molar-refractivity contribution in [1.29, 1.82) is 0 Å². The van der Waals surface area contributed by atoms with Gasteiger partial charge < -0.3 is 20.1 Å². The SMILES string of the molecule is CN=C(NCCOCC1CCCO1)NC(C)c1ccc2ccccc2c1. The number of aliphatic imine (C=N–C) groups is 1. The van der Waals surface area contributed by atoms with Gasteiger partial charge in [-0.3, -0.25) is 4.99 Å². The number of hydrogen-bond acceptors (Lipinski definition) is 3. The standard InChI is InChI=1S/C21H29N3O2/c1-16(18-10-9-17-6-3-4-7-19(17)14-18)24-21(22-2)23-11-13-25-15-20-8-5-12-26-20/h3-4,6-7,9-10,14,16,20H,5,8,11-13,15H2,1-2H3,(H2,22,23,24). The molecular formula is C21H29N3O2. The van der Waals surface area contributed by atoms with E-state index < -0.39 is 0 Å². The van der Waals surface area contributed by atoms with Crippen LogP contribution >= 0.6 is 0 Å². The third-order valence-corrected chi connectivity index (χ3v) is 4.72. The largest absolute Gasteiger partial charge is 0.377 e. The van der Waals surface area contributed by atoms with E-state index in [0.717, 1.165) is 32.0 Å². The topological polar surface area (TPSA) is 54.9 Å². The summed E-state index contributed by atoms with van der Waals surface area (Å²) in [5.41, 5.74) is 1.24. The first kappa shape index (κ1) is 18.7. The van der Waals surface area contributed by atoms with Crippen molar-refractivity contribution in [2.45, 2.75) is 31.9 Å². The second-order valence-corrected chi connectivity index (χ2v) is 6.68. The third kappa shape index (κ3) is 5.19. The Morgan fingerprint density at radius 3 is 2.88 bits per heavy atom. The van der Waals surface area contributed by atoms with Gasteiger partial charge in [0.25, 0.3) is 0 Å². The fourth-order valence-electron chi connectivity index (χ4n) is 3.19. The first-order valence-corrected chi connectivity index (χ1v) is 9.41. The Hall–Kier alpha value is -2.11. The van der Waals surface area contributed by atoms with Gasteiger partial charge in [-0.25, -0.2) is 0 Å². The summed E-state index contributed by atoms with van der Waals surface area (Å²) in [7, 11) is 1.79. The van der Waals surface area contributed by atoms with E-state index >= 15 is 0 Å². The van der Waals surface area contributed by atoms with Crippen LogP contribution in [0.2, 0.25) is 0 Å². The second kappa shape index (κ2) is 9.55. The number of fused-ring (bicyclic) bond motifs is 1. The number of nitrogens with one attached hydrogen (secondary N) is 2. The van der Waals surface area contributed by atoms with E-state index in [0.29, 0.717) is 13.2 Å². The first-order chi connectivity index (χ1) is 12.8. The molecule has 2 unspecified atom stereocenters. The first-order valence-electron chi connectivity index (χ1n) is 9.41. The van der Waals surface area contributed by atoms with Crippen molar-refractivity contribution in [2.24, 2.45) is 4.99 Å². The molecule has 1 heterocycles. The van der Waals surface area contributed by atoms with E-state index in [9.17, 15) is 0 Å². The van der Waals surface area contributed by atoms with Gasteiger partial charge in [0, 0.05) is 20.2 Å². The van der Waals surface area contributed by atoms with Crippen molar-refractivity contribution in [2.75, 3.05) is 33.4 Å². The number of guanidine groups is 1. The zero-order valence-corrected chi connectivity index (χ0v) is 15.7. The van der Waals surface area contributed by atoms with Gasteiger partial charge in [-0.1, -0.05) is 36.4 Å². The lowest BCUT2D eigenvalue weighted by atomic mass is 10.0. The molecule has 0 spiro atoms. The van der Waals surface area contributed by atoms with Crippen LogP contribution in [0.5, 0.6) is 0 Å². The molecule has 26 heavy (non-hydrogen) atoms. The molecule has 5 nitrogen and oxygen atoms in total. The van der Waals surface area contributed by atoms with Gasteiger partial charge >= 0.3 is 0 Å². The lowest BCUT2D eigenvalue weighted by molar-refractivity contribution is 0.0191. The third-order valence-electron chi connectivity index (χ3n) is 4.72. The summed E-state index contributed by atoms with van der Waals surface area (Å²) in [5.74, 6) is 0.784. The van der Waals surface area contributed by atoms with E-state index in [1.54, 1.807) is 7.05 Å². The maximum Gasteiger partial charge on any atom is 0.191 e. The predicted molar refractivity (Wildman–Crippen MR) is 107 cm³/mol. The van der Waals surface area contributed by atoms with Gasteiger partial charge in [0.2, 0.25) is 0 Å². The second-order valence-electron chi connectivity index (χ2n) is 6.68. The highest BCUT2D eigenvalue weighted by atomic mass is 16.5. The lowest BCUT2D eigenvalue weighted by Crippen LogP contribution is -2.40. The number of hydrogen-bond donors (Lipinski definition) is 2. The van der Waals surface area contributed by atoms with E-state index in [1.807, 2.05) is 0 Å². The van der Waals surface area contributed by atoms with Crippen LogP contribution in [0, 0.1) is 0 Å². The molecule has 3 rings (SSSR count). The Balaban J connectivity index is 1.44. The fraction of sp³-hybridized carbons (Fsp3) is 0.476. The highest BCUT2D eigenvalue weighted by Crippen LogP contribution is 2.20. The van der Waals surface area contributed by atoms with E-state index in [2.05, 4.69) is 65.0 Å². The summed E-state index contributed by atoms with van der Waals surface area (Å²) < 4.78 is 11.2. The Morgan fingerprint density at radius 1 is 1.27 bits per heavy atom. The summed E-state index contributed by atoms with van der Waals surface area (Å²) in [6, 6.07) is 15.1. The van der Waals surface area contributed by atoms with E-state index in [1.165, 1.54) is 16.3 Å². The molecule has 0 radical (unpaired) electrons. The molecule has 0 bridgehead atoms. The number of ether oxygens (including phenoxy) is 2. The Kier molecular flexibility index (Phi) is 6.86. The van der Waals surface area contributed by atoms with Crippen molar-refractivity contribution in [3.05, 3.63) is 48.0 Å². The average Bonchev–Trinajstić information content (AvgIpc) is 3.19. The molecule has 2 aromatic rings. The zero-order valence-electron chi connectivity index (χ0n) is 15.7. The van der Waals surface area contributed by atoms with Crippen LogP contribution in [0.1, 0.15) is 31.4 Å². The summed E-state index contributed by atoms with van der Waals surface area (Å²) in [4.78, 5) is 4.31. The molecule has 5 heteroatoms. The van der Waals surface area contributed by atoms with Gasteiger partial charge in [0.15, 0.2) is 5.96 Å².